The largest absolute Gasteiger partial charge is 0.504 e. The fraction of sp³-hybridized carbons (Fsp3) is 0.538. The van der Waals surface area contributed by atoms with Crippen molar-refractivity contribution in [3.05, 3.63) is 23.8 Å². The van der Waals surface area contributed by atoms with E-state index in [1.807, 2.05) is 6.07 Å². The molecule has 3 rings (SSSR count). The third-order valence-electron chi connectivity index (χ3n) is 4.17. The van der Waals surface area contributed by atoms with Gasteiger partial charge in [0, 0.05) is 0 Å². The summed E-state index contributed by atoms with van der Waals surface area (Å²) in [4.78, 5) is 0. The Hall–Kier alpha value is -1.18. The van der Waals surface area contributed by atoms with Crippen molar-refractivity contribution in [2.75, 3.05) is 0 Å². The number of phenolic OH excluding ortho intramolecular Hbond substituents is 2. The molecule has 0 saturated heterocycles. The van der Waals surface area contributed by atoms with Gasteiger partial charge in [0.05, 0.1) is 0 Å². The first-order valence-electron chi connectivity index (χ1n) is 5.76. The Balaban J connectivity index is 1.90. The summed E-state index contributed by atoms with van der Waals surface area (Å²) in [5.41, 5.74) is 1.21. The minimum Gasteiger partial charge on any atom is -0.504 e. The standard InChI is InChI=1S/C13H16O2/c14-12-4-3-10(7-13(12)15)11-6-8-1-2-9(11)5-8/h3-4,7-9,11,14-15H,1-2,5-6H2/t8-,9-,11+/m0/s1. The van der Waals surface area contributed by atoms with E-state index in [1.165, 1.54) is 31.2 Å². The fourth-order valence-electron chi connectivity index (χ4n) is 3.42. The maximum Gasteiger partial charge on any atom is 0.157 e. The third-order valence-corrected chi connectivity index (χ3v) is 4.17. The van der Waals surface area contributed by atoms with Gasteiger partial charge in [0.25, 0.3) is 0 Å². The molecule has 0 unspecified atom stereocenters. The predicted molar refractivity (Wildman–Crippen MR) is 58.0 cm³/mol. The molecule has 1 aromatic rings. The molecule has 2 saturated carbocycles. The second-order valence-electron chi connectivity index (χ2n) is 5.03. The van der Waals surface area contributed by atoms with Crippen LogP contribution in [-0.4, -0.2) is 10.2 Å². The monoisotopic (exact) mass is 204 g/mol. The minimum atomic E-state index is -0.0121. The molecule has 0 aliphatic heterocycles. The molecule has 80 valence electrons. The highest BCUT2D eigenvalue weighted by Crippen LogP contribution is 2.53. The van der Waals surface area contributed by atoms with E-state index in [1.54, 1.807) is 12.1 Å². The lowest BCUT2D eigenvalue weighted by molar-refractivity contribution is 0.395. The van der Waals surface area contributed by atoms with Gasteiger partial charge in [-0.2, -0.15) is 0 Å². The number of hydrogen-bond donors (Lipinski definition) is 2. The zero-order chi connectivity index (χ0) is 10.4. The van der Waals surface area contributed by atoms with Crippen LogP contribution in [0.4, 0.5) is 0 Å². The van der Waals surface area contributed by atoms with E-state index >= 15 is 0 Å². The molecule has 0 radical (unpaired) electrons. The number of fused-ring (bicyclic) bond motifs is 2. The summed E-state index contributed by atoms with van der Waals surface area (Å²) in [6, 6.07) is 5.30. The molecule has 0 amide bonds. The van der Waals surface area contributed by atoms with Crippen LogP contribution in [0.2, 0.25) is 0 Å². The Morgan fingerprint density at radius 1 is 1.00 bits per heavy atom. The lowest BCUT2D eigenvalue weighted by Gasteiger charge is -2.22. The molecule has 0 heterocycles. The van der Waals surface area contributed by atoms with E-state index in [0.29, 0.717) is 5.92 Å². The number of phenols is 2. The molecule has 2 aliphatic rings. The second-order valence-corrected chi connectivity index (χ2v) is 5.03. The fourth-order valence-corrected chi connectivity index (χ4v) is 3.42. The van der Waals surface area contributed by atoms with Crippen LogP contribution < -0.4 is 0 Å². The highest BCUT2D eigenvalue weighted by atomic mass is 16.3. The van der Waals surface area contributed by atoms with Gasteiger partial charge in [-0.05, 0) is 54.7 Å². The van der Waals surface area contributed by atoms with Crippen LogP contribution in [0.5, 0.6) is 11.5 Å². The lowest BCUT2D eigenvalue weighted by Crippen LogP contribution is -2.08. The molecule has 2 aliphatic carbocycles. The van der Waals surface area contributed by atoms with Crippen LogP contribution in [0, 0.1) is 11.8 Å². The van der Waals surface area contributed by atoms with Gasteiger partial charge >= 0.3 is 0 Å². The van der Waals surface area contributed by atoms with Crippen molar-refractivity contribution in [1.29, 1.82) is 0 Å². The highest BCUT2D eigenvalue weighted by Gasteiger charge is 2.40. The first kappa shape index (κ1) is 9.08. The average molecular weight is 204 g/mol. The van der Waals surface area contributed by atoms with Gasteiger partial charge in [0.1, 0.15) is 0 Å². The molecular formula is C13H16O2. The van der Waals surface area contributed by atoms with Crippen LogP contribution in [0.1, 0.15) is 37.2 Å². The molecule has 2 N–H and O–H groups in total. The predicted octanol–water partition coefficient (Wildman–Crippen LogP) is 3.00. The minimum absolute atomic E-state index is 0.0121. The lowest BCUT2D eigenvalue weighted by atomic mass is 9.83. The van der Waals surface area contributed by atoms with E-state index in [-0.39, 0.29) is 11.5 Å². The smallest absolute Gasteiger partial charge is 0.157 e. The Morgan fingerprint density at radius 2 is 1.87 bits per heavy atom. The number of aromatic hydroxyl groups is 2. The highest BCUT2D eigenvalue weighted by molar-refractivity contribution is 5.42. The number of benzene rings is 1. The van der Waals surface area contributed by atoms with Crippen molar-refractivity contribution in [2.24, 2.45) is 11.8 Å². The molecule has 3 atom stereocenters. The molecule has 1 aromatic carbocycles. The van der Waals surface area contributed by atoms with Crippen molar-refractivity contribution >= 4 is 0 Å². The number of rotatable bonds is 1. The summed E-state index contributed by atoms with van der Waals surface area (Å²) < 4.78 is 0. The second kappa shape index (κ2) is 3.16. The Morgan fingerprint density at radius 3 is 2.47 bits per heavy atom. The molecule has 0 aromatic heterocycles. The van der Waals surface area contributed by atoms with Crippen LogP contribution in [0.15, 0.2) is 18.2 Å². The van der Waals surface area contributed by atoms with Crippen molar-refractivity contribution in [2.45, 2.75) is 31.6 Å². The van der Waals surface area contributed by atoms with E-state index in [0.717, 1.165) is 11.8 Å². The van der Waals surface area contributed by atoms with E-state index < -0.39 is 0 Å². The topological polar surface area (TPSA) is 40.5 Å². The summed E-state index contributed by atoms with van der Waals surface area (Å²) in [5, 5.41) is 18.7. The van der Waals surface area contributed by atoms with Crippen molar-refractivity contribution in [3.63, 3.8) is 0 Å². The van der Waals surface area contributed by atoms with Crippen LogP contribution >= 0.6 is 0 Å². The Labute approximate surface area is 89.6 Å². The summed E-state index contributed by atoms with van der Waals surface area (Å²) in [7, 11) is 0. The zero-order valence-corrected chi connectivity index (χ0v) is 8.69. The molecule has 2 heteroatoms. The molecular weight excluding hydrogens is 188 g/mol. The first-order chi connectivity index (χ1) is 7.24. The normalized spacial score (nSPS) is 33.5. The van der Waals surface area contributed by atoms with E-state index in [9.17, 15) is 10.2 Å². The molecule has 2 bridgehead atoms. The quantitative estimate of drug-likeness (QED) is 0.690. The van der Waals surface area contributed by atoms with Gasteiger partial charge < -0.3 is 10.2 Å². The summed E-state index contributed by atoms with van der Waals surface area (Å²) >= 11 is 0. The number of hydrogen-bond acceptors (Lipinski definition) is 2. The van der Waals surface area contributed by atoms with Gasteiger partial charge in [0.2, 0.25) is 0 Å². The Bertz CT molecular complexity index is 386. The maximum atomic E-state index is 9.48. The summed E-state index contributed by atoms with van der Waals surface area (Å²) in [6.45, 7) is 0. The molecule has 2 nitrogen and oxygen atoms in total. The summed E-state index contributed by atoms with van der Waals surface area (Å²) in [5.74, 6) is 2.36. The van der Waals surface area contributed by atoms with Crippen molar-refractivity contribution in [1.82, 2.24) is 0 Å². The van der Waals surface area contributed by atoms with Crippen LogP contribution in [0.3, 0.4) is 0 Å². The first-order valence-corrected chi connectivity index (χ1v) is 5.76. The maximum absolute atomic E-state index is 9.48. The average Bonchev–Trinajstić information content (AvgIpc) is 2.83. The Kier molecular flexibility index (Phi) is 1.91. The van der Waals surface area contributed by atoms with Gasteiger partial charge in [-0.15, -0.1) is 0 Å². The molecule has 2 fully saturated rings. The van der Waals surface area contributed by atoms with Crippen molar-refractivity contribution < 1.29 is 10.2 Å². The van der Waals surface area contributed by atoms with Gasteiger partial charge in [-0.3, -0.25) is 0 Å². The van der Waals surface area contributed by atoms with E-state index in [4.69, 9.17) is 0 Å². The summed E-state index contributed by atoms with van der Waals surface area (Å²) in [6.07, 6.45) is 5.38. The van der Waals surface area contributed by atoms with Crippen molar-refractivity contribution in [3.8, 4) is 11.5 Å². The van der Waals surface area contributed by atoms with Gasteiger partial charge in [-0.1, -0.05) is 12.5 Å². The third kappa shape index (κ3) is 1.39. The van der Waals surface area contributed by atoms with E-state index in [2.05, 4.69) is 0 Å². The SMILES string of the molecule is Oc1ccc([C@@H]2C[C@H]3CC[C@H]2C3)cc1O. The van der Waals surface area contributed by atoms with Crippen LogP contribution in [0.25, 0.3) is 0 Å². The molecule has 0 spiro atoms. The molecule has 15 heavy (non-hydrogen) atoms. The van der Waals surface area contributed by atoms with Crippen LogP contribution in [-0.2, 0) is 0 Å². The van der Waals surface area contributed by atoms with Gasteiger partial charge in [-0.25, -0.2) is 0 Å². The zero-order valence-electron chi connectivity index (χ0n) is 8.69. The van der Waals surface area contributed by atoms with Gasteiger partial charge in [0.15, 0.2) is 11.5 Å².